The molecule has 0 aliphatic rings. The third-order valence-corrected chi connectivity index (χ3v) is 1.36. The van der Waals surface area contributed by atoms with Crippen molar-refractivity contribution in [1.82, 2.24) is 9.97 Å². The minimum absolute atomic E-state index is 0.450. The van der Waals surface area contributed by atoms with Gasteiger partial charge in [0.25, 0.3) is 0 Å². The monoisotopic (exact) mass is 169 g/mol. The summed E-state index contributed by atoms with van der Waals surface area (Å²) in [4.78, 5) is 26.3. The van der Waals surface area contributed by atoms with Crippen LogP contribution in [0, 0.1) is 10.1 Å². The number of H-pyrrole nitrogens is 1. The fourth-order valence-corrected chi connectivity index (χ4v) is 0.735. The molecule has 0 bridgehead atoms. The summed E-state index contributed by atoms with van der Waals surface area (Å²) in [7, 11) is 0. The lowest BCUT2D eigenvalue weighted by molar-refractivity contribution is -0.386. The lowest BCUT2D eigenvalue weighted by atomic mass is 10.4. The standard InChI is InChI=1S/C6H7N3O3/c1-2-5-7-3-4(9(11)12)6(10)8-5/h3H,2H2,1H3,(H,7,8,10). The SMILES string of the molecule is CCc1ncc([N+](=O)[O-])c(=O)[nH]1. The van der Waals surface area contributed by atoms with Crippen LogP contribution in [0.15, 0.2) is 11.0 Å². The van der Waals surface area contributed by atoms with Crippen LogP contribution in [-0.4, -0.2) is 14.9 Å². The molecule has 1 aromatic rings. The fourth-order valence-electron chi connectivity index (χ4n) is 0.735. The first-order valence-corrected chi connectivity index (χ1v) is 3.37. The maximum atomic E-state index is 10.9. The smallest absolute Gasteiger partial charge is 0.305 e. The van der Waals surface area contributed by atoms with Gasteiger partial charge in [-0.3, -0.25) is 14.9 Å². The largest absolute Gasteiger partial charge is 0.351 e. The third kappa shape index (κ3) is 1.47. The highest BCUT2D eigenvalue weighted by Gasteiger charge is 2.11. The van der Waals surface area contributed by atoms with Crippen molar-refractivity contribution in [2.24, 2.45) is 0 Å². The Labute approximate surface area is 67.4 Å². The molecular formula is C6H7N3O3. The third-order valence-electron chi connectivity index (χ3n) is 1.36. The van der Waals surface area contributed by atoms with Crippen LogP contribution >= 0.6 is 0 Å². The molecule has 12 heavy (non-hydrogen) atoms. The molecule has 0 unspecified atom stereocenters. The first-order valence-electron chi connectivity index (χ1n) is 3.37. The van der Waals surface area contributed by atoms with Crippen LogP contribution in [0.25, 0.3) is 0 Å². The molecule has 0 amide bonds. The Morgan fingerprint density at radius 1 is 1.75 bits per heavy atom. The maximum Gasteiger partial charge on any atom is 0.351 e. The van der Waals surface area contributed by atoms with Crippen LogP contribution < -0.4 is 5.56 Å². The predicted molar refractivity (Wildman–Crippen MR) is 40.9 cm³/mol. The van der Waals surface area contributed by atoms with Gasteiger partial charge in [0, 0.05) is 6.42 Å². The molecule has 0 aromatic carbocycles. The van der Waals surface area contributed by atoms with Gasteiger partial charge in [0.15, 0.2) is 0 Å². The van der Waals surface area contributed by atoms with Gasteiger partial charge in [-0.15, -0.1) is 0 Å². The fraction of sp³-hybridized carbons (Fsp3) is 0.333. The van der Waals surface area contributed by atoms with E-state index in [1.807, 2.05) is 0 Å². The Morgan fingerprint density at radius 3 is 2.83 bits per heavy atom. The van der Waals surface area contributed by atoms with E-state index in [2.05, 4.69) is 9.97 Å². The van der Waals surface area contributed by atoms with Crippen molar-refractivity contribution >= 4 is 5.69 Å². The quantitative estimate of drug-likeness (QED) is 0.507. The van der Waals surface area contributed by atoms with Gasteiger partial charge in [-0.1, -0.05) is 6.92 Å². The molecule has 0 saturated carbocycles. The highest BCUT2D eigenvalue weighted by atomic mass is 16.6. The molecule has 1 rings (SSSR count). The second-order valence-corrected chi connectivity index (χ2v) is 2.15. The number of nitrogens with zero attached hydrogens (tertiary/aromatic N) is 2. The van der Waals surface area contributed by atoms with Crippen molar-refractivity contribution in [3.8, 4) is 0 Å². The Kier molecular flexibility index (Phi) is 2.18. The molecule has 0 aliphatic heterocycles. The van der Waals surface area contributed by atoms with E-state index in [1.165, 1.54) is 0 Å². The number of rotatable bonds is 2. The molecule has 6 heteroatoms. The second-order valence-electron chi connectivity index (χ2n) is 2.15. The van der Waals surface area contributed by atoms with Crippen molar-refractivity contribution < 1.29 is 4.92 Å². The number of nitrogens with one attached hydrogen (secondary N) is 1. The predicted octanol–water partition coefficient (Wildman–Crippen LogP) is 0.240. The summed E-state index contributed by atoms with van der Waals surface area (Å²) in [5.41, 5.74) is -1.22. The van der Waals surface area contributed by atoms with Gasteiger partial charge >= 0.3 is 11.2 Å². The van der Waals surface area contributed by atoms with Crippen LogP contribution in [-0.2, 0) is 6.42 Å². The van der Waals surface area contributed by atoms with Crippen molar-refractivity contribution in [3.63, 3.8) is 0 Å². The van der Waals surface area contributed by atoms with Gasteiger partial charge in [0.05, 0.1) is 4.92 Å². The zero-order valence-electron chi connectivity index (χ0n) is 6.40. The molecule has 6 nitrogen and oxygen atoms in total. The Bertz CT molecular complexity index is 357. The van der Waals surface area contributed by atoms with Gasteiger partial charge in [0.2, 0.25) is 0 Å². The zero-order valence-corrected chi connectivity index (χ0v) is 6.40. The van der Waals surface area contributed by atoms with E-state index < -0.39 is 16.2 Å². The van der Waals surface area contributed by atoms with Crippen molar-refractivity contribution in [2.75, 3.05) is 0 Å². The molecule has 64 valence electrons. The number of aromatic nitrogens is 2. The lowest BCUT2D eigenvalue weighted by Crippen LogP contribution is -2.14. The normalized spacial score (nSPS) is 9.75. The van der Waals surface area contributed by atoms with E-state index >= 15 is 0 Å². The molecule has 0 radical (unpaired) electrons. The number of hydrogen-bond donors (Lipinski definition) is 1. The van der Waals surface area contributed by atoms with Crippen LogP contribution in [0.1, 0.15) is 12.7 Å². The second kappa shape index (κ2) is 3.12. The number of hydrogen-bond acceptors (Lipinski definition) is 4. The van der Waals surface area contributed by atoms with Crippen LogP contribution in [0.4, 0.5) is 5.69 Å². The van der Waals surface area contributed by atoms with E-state index in [-0.39, 0.29) is 0 Å². The summed E-state index contributed by atoms with van der Waals surface area (Å²) >= 11 is 0. The van der Waals surface area contributed by atoms with Crippen LogP contribution in [0.3, 0.4) is 0 Å². The topological polar surface area (TPSA) is 88.9 Å². The van der Waals surface area contributed by atoms with Crippen molar-refractivity contribution in [3.05, 3.63) is 32.5 Å². The molecule has 1 heterocycles. The lowest BCUT2D eigenvalue weighted by Gasteiger charge is -1.93. The summed E-state index contributed by atoms with van der Waals surface area (Å²) in [6, 6.07) is 0. The highest BCUT2D eigenvalue weighted by molar-refractivity contribution is 5.21. The summed E-state index contributed by atoms with van der Waals surface area (Å²) in [5.74, 6) is 0.450. The van der Waals surface area contributed by atoms with E-state index in [0.29, 0.717) is 12.2 Å². The Morgan fingerprint density at radius 2 is 2.42 bits per heavy atom. The summed E-state index contributed by atoms with van der Waals surface area (Å²) in [6.07, 6.45) is 1.52. The number of aryl methyl sites for hydroxylation is 1. The van der Waals surface area contributed by atoms with Gasteiger partial charge < -0.3 is 4.98 Å². The van der Waals surface area contributed by atoms with Crippen molar-refractivity contribution in [1.29, 1.82) is 0 Å². The molecule has 0 spiro atoms. The first kappa shape index (κ1) is 8.38. The van der Waals surface area contributed by atoms with Gasteiger partial charge in [0.1, 0.15) is 12.0 Å². The van der Waals surface area contributed by atoms with Crippen LogP contribution in [0.5, 0.6) is 0 Å². The molecule has 0 atom stereocenters. The van der Waals surface area contributed by atoms with E-state index in [4.69, 9.17) is 0 Å². The number of aromatic amines is 1. The summed E-state index contributed by atoms with van der Waals surface area (Å²) in [5, 5.41) is 10.2. The summed E-state index contributed by atoms with van der Waals surface area (Å²) < 4.78 is 0. The maximum absolute atomic E-state index is 10.9. The van der Waals surface area contributed by atoms with Gasteiger partial charge in [-0.05, 0) is 0 Å². The zero-order chi connectivity index (χ0) is 9.14. The molecule has 0 aliphatic carbocycles. The van der Waals surface area contributed by atoms with E-state index in [9.17, 15) is 14.9 Å². The molecule has 1 aromatic heterocycles. The molecule has 0 fully saturated rings. The summed E-state index contributed by atoms with van der Waals surface area (Å²) in [6.45, 7) is 1.80. The molecule has 0 saturated heterocycles. The Hall–Kier alpha value is -1.72. The average molecular weight is 169 g/mol. The van der Waals surface area contributed by atoms with Gasteiger partial charge in [-0.2, -0.15) is 0 Å². The molecular weight excluding hydrogens is 162 g/mol. The first-order chi connectivity index (χ1) is 5.65. The molecule has 1 N–H and O–H groups in total. The van der Waals surface area contributed by atoms with Crippen molar-refractivity contribution in [2.45, 2.75) is 13.3 Å². The number of nitro groups is 1. The van der Waals surface area contributed by atoms with Crippen LogP contribution in [0.2, 0.25) is 0 Å². The van der Waals surface area contributed by atoms with Gasteiger partial charge in [-0.25, -0.2) is 4.98 Å². The average Bonchev–Trinajstić information content (AvgIpc) is 2.03. The van der Waals surface area contributed by atoms with E-state index in [0.717, 1.165) is 6.20 Å². The Balaban J connectivity index is 3.21. The minimum Gasteiger partial charge on any atom is -0.305 e. The highest BCUT2D eigenvalue weighted by Crippen LogP contribution is 1.99. The van der Waals surface area contributed by atoms with E-state index in [1.54, 1.807) is 6.92 Å². The minimum atomic E-state index is -0.759.